The van der Waals surface area contributed by atoms with Crippen molar-refractivity contribution in [1.29, 1.82) is 0 Å². The highest BCUT2D eigenvalue weighted by molar-refractivity contribution is 6.33. The number of carbonyl (C=O) groups excluding carboxylic acids is 3. The molecule has 0 saturated heterocycles. The van der Waals surface area contributed by atoms with E-state index in [1.165, 1.54) is 4.57 Å². The second-order valence-corrected chi connectivity index (χ2v) is 6.83. The summed E-state index contributed by atoms with van der Waals surface area (Å²) >= 11 is 5.89. The van der Waals surface area contributed by atoms with Crippen molar-refractivity contribution >= 4 is 46.2 Å². The molecule has 9 nitrogen and oxygen atoms in total. The summed E-state index contributed by atoms with van der Waals surface area (Å²) < 4.78 is 6.77. The van der Waals surface area contributed by atoms with Crippen LogP contribution in [0.1, 0.15) is 21.6 Å². The van der Waals surface area contributed by atoms with E-state index in [0.717, 1.165) is 0 Å². The number of carboxylic acids is 1. The minimum atomic E-state index is -1.10. The van der Waals surface area contributed by atoms with E-state index in [1.54, 1.807) is 56.5 Å². The second kappa shape index (κ2) is 9.77. The molecule has 0 aliphatic carbocycles. The lowest BCUT2D eigenvalue weighted by Crippen LogP contribution is -2.29. The monoisotopic (exact) mass is 445 g/mol. The molecule has 31 heavy (non-hydrogen) atoms. The van der Waals surface area contributed by atoms with Crippen LogP contribution in [-0.2, 0) is 20.8 Å². The van der Waals surface area contributed by atoms with Gasteiger partial charge >= 0.3 is 17.8 Å². The first-order chi connectivity index (χ1) is 14.6. The first-order valence-electron chi connectivity index (χ1n) is 8.86. The summed E-state index contributed by atoms with van der Waals surface area (Å²) in [5, 5.41) is 10.5. The number of aromatic nitrogens is 1. The van der Waals surface area contributed by atoms with Crippen molar-refractivity contribution in [3.8, 4) is 5.75 Å². The van der Waals surface area contributed by atoms with Crippen molar-refractivity contribution in [1.82, 2.24) is 4.57 Å². The molecule has 162 valence electrons. The molecule has 0 atom stereocenters. The Morgan fingerprint density at radius 2 is 1.61 bits per heavy atom. The molecule has 0 unspecified atom stereocenters. The fraction of sp³-hybridized carbons (Fsp3) is 0.143. The molecule has 0 spiro atoms. The molecule has 3 aromatic rings. The highest BCUT2D eigenvalue weighted by Crippen LogP contribution is 2.30. The topological polar surface area (TPSA) is 155 Å². The Hall–Kier alpha value is -3.85. The van der Waals surface area contributed by atoms with Crippen LogP contribution in [-0.4, -0.2) is 40.5 Å². The Morgan fingerprint density at radius 3 is 2.10 bits per heavy atom. The zero-order chi connectivity index (χ0) is 23.3. The van der Waals surface area contributed by atoms with E-state index in [9.17, 15) is 24.3 Å². The number of amides is 2. The van der Waals surface area contributed by atoms with Gasteiger partial charge in [0.25, 0.3) is 5.91 Å². The first-order valence-corrected chi connectivity index (χ1v) is 9.23. The van der Waals surface area contributed by atoms with Crippen molar-refractivity contribution in [2.75, 3.05) is 7.11 Å². The molecule has 0 aliphatic heterocycles. The van der Waals surface area contributed by atoms with E-state index in [1.807, 2.05) is 0 Å². The van der Waals surface area contributed by atoms with Gasteiger partial charge in [0, 0.05) is 21.7 Å². The Kier molecular flexibility index (Phi) is 7.38. The number of carbonyl (C=O) groups is 4. The number of benzene rings is 2. The number of nitrogens with zero attached hydrogens (tertiary/aromatic N) is 1. The smallest absolute Gasteiger partial charge is 0.307 e. The van der Waals surface area contributed by atoms with Crippen molar-refractivity contribution in [2.24, 2.45) is 11.5 Å². The minimum Gasteiger partial charge on any atom is -0.497 e. The van der Waals surface area contributed by atoms with Gasteiger partial charge in [0.2, 0.25) is 0 Å². The van der Waals surface area contributed by atoms with Gasteiger partial charge in [0.1, 0.15) is 5.75 Å². The van der Waals surface area contributed by atoms with Crippen LogP contribution in [0, 0.1) is 6.92 Å². The van der Waals surface area contributed by atoms with Gasteiger partial charge in [-0.25, -0.2) is 0 Å². The lowest BCUT2D eigenvalue weighted by Gasteiger charge is -2.08. The fourth-order valence-corrected chi connectivity index (χ4v) is 3.07. The predicted octanol–water partition coefficient (Wildman–Crippen LogP) is 1.88. The number of nitrogens with two attached hydrogens (primary N) is 2. The molecule has 0 fully saturated rings. The van der Waals surface area contributed by atoms with Crippen LogP contribution in [0.25, 0.3) is 10.9 Å². The molecule has 0 bridgehead atoms. The van der Waals surface area contributed by atoms with Crippen LogP contribution in [0.3, 0.4) is 0 Å². The average molecular weight is 446 g/mol. The number of rotatable bonds is 4. The molecule has 0 aliphatic rings. The van der Waals surface area contributed by atoms with Crippen molar-refractivity contribution < 1.29 is 29.0 Å². The molecule has 2 amide bonds. The number of hydrogen-bond donors (Lipinski definition) is 3. The summed E-state index contributed by atoms with van der Waals surface area (Å²) in [6.07, 6.45) is -0.170. The number of fused-ring (bicyclic) bond motifs is 1. The third-order valence-corrected chi connectivity index (χ3v) is 4.66. The van der Waals surface area contributed by atoms with Gasteiger partial charge in [0.05, 0.1) is 19.0 Å². The summed E-state index contributed by atoms with van der Waals surface area (Å²) in [5.41, 5.74) is 11.0. The maximum Gasteiger partial charge on any atom is 0.307 e. The van der Waals surface area contributed by atoms with Gasteiger partial charge in [-0.15, -0.1) is 0 Å². The minimum absolute atomic E-state index is 0.170. The van der Waals surface area contributed by atoms with Crippen molar-refractivity contribution in [2.45, 2.75) is 13.3 Å². The normalized spacial score (nSPS) is 10.2. The molecule has 5 N–H and O–H groups in total. The van der Waals surface area contributed by atoms with Gasteiger partial charge in [-0.05, 0) is 55.0 Å². The highest BCUT2D eigenvalue weighted by Gasteiger charge is 2.21. The lowest BCUT2D eigenvalue weighted by atomic mass is 10.1. The number of carboxylic acid groups (broad SMARTS) is 1. The Labute approximate surface area is 182 Å². The summed E-state index contributed by atoms with van der Waals surface area (Å²) in [5.74, 6) is -2.79. The van der Waals surface area contributed by atoms with E-state index < -0.39 is 17.8 Å². The molecule has 10 heteroatoms. The Balaban J connectivity index is 0.000000501. The van der Waals surface area contributed by atoms with Crippen LogP contribution >= 0.6 is 11.6 Å². The van der Waals surface area contributed by atoms with E-state index in [4.69, 9.17) is 16.3 Å². The predicted molar refractivity (Wildman–Crippen MR) is 114 cm³/mol. The summed E-state index contributed by atoms with van der Waals surface area (Å²) in [6, 6.07) is 11.9. The van der Waals surface area contributed by atoms with E-state index in [0.29, 0.717) is 38.5 Å². The molecule has 1 aromatic heterocycles. The Bertz CT molecular complexity index is 1160. The van der Waals surface area contributed by atoms with Crippen molar-refractivity contribution in [3.05, 3.63) is 64.3 Å². The molecule has 0 saturated carbocycles. The zero-order valence-electron chi connectivity index (χ0n) is 16.7. The van der Waals surface area contributed by atoms with Gasteiger partial charge in [0.15, 0.2) is 0 Å². The number of halogens is 1. The molecule has 0 radical (unpaired) electrons. The lowest BCUT2D eigenvalue weighted by molar-refractivity contribution is -0.136. The van der Waals surface area contributed by atoms with Crippen LogP contribution in [0.2, 0.25) is 5.02 Å². The van der Waals surface area contributed by atoms with Crippen molar-refractivity contribution in [3.63, 3.8) is 0 Å². The van der Waals surface area contributed by atoms with E-state index >= 15 is 0 Å². The van der Waals surface area contributed by atoms with Gasteiger partial charge in [-0.2, -0.15) is 0 Å². The maximum atomic E-state index is 13.0. The number of ether oxygens (including phenoxy) is 1. The molecular weight excluding hydrogens is 426 g/mol. The standard InChI is InChI=1S/C19H16ClNO4.C2H4N2O2/c1-11-15(10-18(22)23)16-9-14(25-2)7-8-17(16)21(11)19(24)12-3-5-13(20)6-4-12;3-1(5)2(4)6/h3-9H,10H2,1-2H3,(H,22,23);(H2,3,5)(H2,4,6). The van der Waals surface area contributed by atoms with Crippen LogP contribution in [0.4, 0.5) is 0 Å². The largest absolute Gasteiger partial charge is 0.497 e. The molecule has 2 aromatic carbocycles. The number of aliphatic carboxylic acids is 1. The number of hydrogen-bond acceptors (Lipinski definition) is 5. The quantitative estimate of drug-likeness (QED) is 0.521. The Morgan fingerprint density at radius 1 is 1.03 bits per heavy atom. The second-order valence-electron chi connectivity index (χ2n) is 6.39. The average Bonchev–Trinajstić information content (AvgIpc) is 2.98. The molecule has 3 rings (SSSR count). The number of primary amides is 2. The summed E-state index contributed by atoms with van der Waals surface area (Å²) in [6.45, 7) is 1.75. The first kappa shape index (κ1) is 23.4. The molecule has 1 heterocycles. The summed E-state index contributed by atoms with van der Waals surface area (Å²) in [7, 11) is 1.54. The van der Waals surface area contributed by atoms with E-state index in [-0.39, 0.29) is 12.3 Å². The van der Waals surface area contributed by atoms with Gasteiger partial charge in [-0.1, -0.05) is 11.6 Å². The highest BCUT2D eigenvalue weighted by atomic mass is 35.5. The van der Waals surface area contributed by atoms with Crippen LogP contribution < -0.4 is 16.2 Å². The number of methoxy groups -OCH3 is 1. The maximum absolute atomic E-state index is 13.0. The third kappa shape index (κ3) is 5.40. The van der Waals surface area contributed by atoms with Gasteiger partial charge in [-0.3, -0.25) is 23.7 Å². The van der Waals surface area contributed by atoms with Crippen LogP contribution in [0.5, 0.6) is 5.75 Å². The molecular formula is C21H20ClN3O6. The SMILES string of the molecule is COc1ccc2c(c1)c(CC(=O)O)c(C)n2C(=O)c1ccc(Cl)cc1.NC(=O)C(N)=O. The van der Waals surface area contributed by atoms with E-state index in [2.05, 4.69) is 11.5 Å². The summed E-state index contributed by atoms with van der Waals surface area (Å²) in [4.78, 5) is 43.1. The third-order valence-electron chi connectivity index (χ3n) is 4.41. The fourth-order valence-electron chi connectivity index (χ4n) is 2.95. The zero-order valence-corrected chi connectivity index (χ0v) is 17.5. The van der Waals surface area contributed by atoms with Crippen LogP contribution in [0.15, 0.2) is 42.5 Å². The van der Waals surface area contributed by atoms with Gasteiger partial charge < -0.3 is 21.3 Å².